The van der Waals surface area contributed by atoms with E-state index in [1.165, 1.54) is 32.1 Å². The Hall–Kier alpha value is 0.274. The molecule has 4 nitrogen and oxygen atoms in total. The molecule has 18 heavy (non-hydrogen) atoms. The van der Waals surface area contributed by atoms with E-state index in [9.17, 15) is 0 Å². The van der Waals surface area contributed by atoms with Gasteiger partial charge in [-0.3, -0.25) is 0 Å². The van der Waals surface area contributed by atoms with Crippen LogP contribution >= 0.6 is 0 Å². The molecular weight excluding hydrogens is 264 g/mol. The van der Waals surface area contributed by atoms with E-state index in [-0.39, 0.29) is 0 Å². The molecule has 0 aliphatic heterocycles. The van der Waals surface area contributed by atoms with Crippen molar-refractivity contribution in [3.8, 4) is 0 Å². The van der Waals surface area contributed by atoms with Gasteiger partial charge in [-0.2, -0.15) is 0 Å². The summed E-state index contributed by atoms with van der Waals surface area (Å²) in [4.78, 5) is 0. The lowest BCUT2D eigenvalue weighted by atomic mass is 10.2. The zero-order chi connectivity index (χ0) is 14.1. The molecule has 0 aromatic rings. The molecule has 6 heteroatoms. The SMILES string of the molecule is CCCCCCC[Si](C)(C)O[Si](OC)(OC)OC. The Morgan fingerprint density at radius 2 is 1.28 bits per heavy atom. The van der Waals surface area contributed by atoms with Gasteiger partial charge in [0.15, 0.2) is 8.32 Å². The van der Waals surface area contributed by atoms with Crippen LogP contribution in [-0.4, -0.2) is 38.7 Å². The molecule has 0 aromatic heterocycles. The van der Waals surface area contributed by atoms with E-state index in [0.717, 1.165) is 6.04 Å². The molecule has 0 unspecified atom stereocenters. The number of rotatable bonds is 11. The minimum absolute atomic E-state index is 1.13. The maximum Gasteiger partial charge on any atom is 0.668 e. The first-order chi connectivity index (χ1) is 8.45. The standard InChI is InChI=1S/C12H30O4Si2/c1-7-8-9-10-11-12-17(5,6)16-18(13-2,14-3)15-4/h7-12H2,1-6H3. The third kappa shape index (κ3) is 7.01. The molecule has 0 N–H and O–H groups in total. The van der Waals surface area contributed by atoms with Crippen molar-refractivity contribution in [2.45, 2.75) is 58.2 Å². The lowest BCUT2D eigenvalue weighted by molar-refractivity contribution is 0.0478. The van der Waals surface area contributed by atoms with Crippen molar-refractivity contribution in [1.29, 1.82) is 0 Å². The summed E-state index contributed by atoms with van der Waals surface area (Å²) in [5.41, 5.74) is 0. The van der Waals surface area contributed by atoms with Crippen LogP contribution in [0, 0.1) is 0 Å². The van der Waals surface area contributed by atoms with Crippen molar-refractivity contribution in [2.24, 2.45) is 0 Å². The van der Waals surface area contributed by atoms with Crippen LogP contribution in [0.3, 0.4) is 0 Å². The quantitative estimate of drug-likeness (QED) is 0.431. The molecule has 110 valence electrons. The second-order valence-corrected chi connectivity index (χ2v) is 12.2. The molecule has 0 amide bonds. The second-order valence-electron chi connectivity index (χ2n) is 5.14. The highest BCUT2D eigenvalue weighted by atomic mass is 28.5. The van der Waals surface area contributed by atoms with Gasteiger partial charge in [0.1, 0.15) is 0 Å². The van der Waals surface area contributed by atoms with Gasteiger partial charge in [0.2, 0.25) is 0 Å². The average Bonchev–Trinajstić information content (AvgIpc) is 2.36. The van der Waals surface area contributed by atoms with E-state index in [4.69, 9.17) is 17.4 Å². The van der Waals surface area contributed by atoms with Crippen LogP contribution in [0.4, 0.5) is 0 Å². The fourth-order valence-corrected chi connectivity index (χ4v) is 7.64. The first-order valence-electron chi connectivity index (χ1n) is 6.81. The zero-order valence-corrected chi connectivity index (χ0v) is 14.9. The topological polar surface area (TPSA) is 36.9 Å². The smallest absolute Gasteiger partial charge is 0.394 e. The molecule has 0 saturated carbocycles. The molecular formula is C12H30O4Si2. The van der Waals surface area contributed by atoms with E-state index in [1.807, 2.05) is 0 Å². The van der Waals surface area contributed by atoms with E-state index in [1.54, 1.807) is 21.3 Å². The van der Waals surface area contributed by atoms with E-state index < -0.39 is 17.4 Å². The van der Waals surface area contributed by atoms with Gasteiger partial charge in [-0.1, -0.05) is 39.0 Å². The van der Waals surface area contributed by atoms with Crippen LogP contribution < -0.4 is 0 Å². The van der Waals surface area contributed by atoms with Crippen molar-refractivity contribution < 1.29 is 17.4 Å². The van der Waals surface area contributed by atoms with Crippen molar-refractivity contribution in [3.05, 3.63) is 0 Å². The predicted octanol–water partition coefficient (Wildman–Crippen LogP) is 3.55. The Morgan fingerprint density at radius 3 is 1.72 bits per heavy atom. The van der Waals surface area contributed by atoms with Crippen molar-refractivity contribution in [3.63, 3.8) is 0 Å². The van der Waals surface area contributed by atoms with Crippen LogP contribution in [-0.2, 0) is 17.4 Å². The third-order valence-electron chi connectivity index (χ3n) is 3.03. The fourth-order valence-electron chi connectivity index (χ4n) is 1.92. The molecule has 0 radical (unpaired) electrons. The summed E-state index contributed by atoms with van der Waals surface area (Å²) in [6, 6.07) is 1.13. The van der Waals surface area contributed by atoms with Crippen LogP contribution in [0.15, 0.2) is 0 Å². The van der Waals surface area contributed by atoms with Gasteiger partial charge in [-0.05, 0) is 19.1 Å². The Kier molecular flexibility index (Phi) is 9.36. The first-order valence-corrected chi connectivity index (χ1v) is 11.6. The zero-order valence-electron chi connectivity index (χ0n) is 12.9. The van der Waals surface area contributed by atoms with Gasteiger partial charge in [0.25, 0.3) is 0 Å². The normalized spacial score (nSPS) is 13.0. The second kappa shape index (κ2) is 9.22. The molecule has 0 aliphatic rings. The summed E-state index contributed by atoms with van der Waals surface area (Å²) >= 11 is 0. The van der Waals surface area contributed by atoms with E-state index in [0.29, 0.717) is 0 Å². The van der Waals surface area contributed by atoms with Gasteiger partial charge < -0.3 is 17.4 Å². The lowest BCUT2D eigenvalue weighted by Crippen LogP contribution is -2.53. The van der Waals surface area contributed by atoms with Crippen molar-refractivity contribution in [1.82, 2.24) is 0 Å². The van der Waals surface area contributed by atoms with E-state index >= 15 is 0 Å². The lowest BCUT2D eigenvalue weighted by Gasteiger charge is -2.32. The van der Waals surface area contributed by atoms with E-state index in [2.05, 4.69) is 20.0 Å². The van der Waals surface area contributed by atoms with Crippen molar-refractivity contribution >= 4 is 17.4 Å². The van der Waals surface area contributed by atoms with Crippen LogP contribution in [0.5, 0.6) is 0 Å². The highest BCUT2D eigenvalue weighted by Crippen LogP contribution is 2.22. The van der Waals surface area contributed by atoms with Crippen molar-refractivity contribution in [2.75, 3.05) is 21.3 Å². The number of unbranched alkanes of at least 4 members (excludes halogenated alkanes) is 4. The van der Waals surface area contributed by atoms with Gasteiger partial charge >= 0.3 is 9.05 Å². The Labute approximate surface area is 115 Å². The predicted molar refractivity (Wildman–Crippen MR) is 78.9 cm³/mol. The summed E-state index contributed by atoms with van der Waals surface area (Å²) in [5.74, 6) is 0. The average molecular weight is 295 g/mol. The minimum atomic E-state index is -2.87. The third-order valence-corrected chi connectivity index (χ3v) is 9.30. The Bertz CT molecular complexity index is 200. The highest BCUT2D eigenvalue weighted by Gasteiger charge is 2.47. The monoisotopic (exact) mass is 294 g/mol. The molecule has 0 spiro atoms. The summed E-state index contributed by atoms with van der Waals surface area (Å²) in [6.45, 7) is 6.63. The summed E-state index contributed by atoms with van der Waals surface area (Å²) in [5, 5.41) is 0. The van der Waals surface area contributed by atoms with Crippen LogP contribution in [0.25, 0.3) is 0 Å². The maximum absolute atomic E-state index is 6.09. The summed E-state index contributed by atoms with van der Waals surface area (Å²) in [7, 11) is 0.123. The summed E-state index contributed by atoms with van der Waals surface area (Å²) < 4.78 is 22.1. The van der Waals surface area contributed by atoms with Crippen LogP contribution in [0.1, 0.15) is 39.0 Å². The Morgan fingerprint density at radius 1 is 0.778 bits per heavy atom. The van der Waals surface area contributed by atoms with Gasteiger partial charge in [0, 0.05) is 21.3 Å². The molecule has 0 atom stereocenters. The van der Waals surface area contributed by atoms with Gasteiger partial charge in [0.05, 0.1) is 0 Å². The Balaban J connectivity index is 4.11. The highest BCUT2D eigenvalue weighted by molar-refractivity contribution is 6.78. The molecule has 0 fully saturated rings. The largest absolute Gasteiger partial charge is 0.668 e. The first kappa shape index (κ1) is 18.3. The fraction of sp³-hybridized carbons (Fsp3) is 1.00. The molecule has 0 aliphatic carbocycles. The molecule has 0 aromatic carbocycles. The minimum Gasteiger partial charge on any atom is -0.394 e. The number of hydrogen-bond donors (Lipinski definition) is 0. The number of hydrogen-bond acceptors (Lipinski definition) is 4. The van der Waals surface area contributed by atoms with Crippen LogP contribution in [0.2, 0.25) is 19.1 Å². The summed E-state index contributed by atoms with van der Waals surface area (Å²) in [6.07, 6.45) is 6.44. The molecule has 0 heterocycles. The molecule has 0 saturated heterocycles. The molecule has 0 rings (SSSR count). The van der Waals surface area contributed by atoms with Gasteiger partial charge in [-0.25, -0.2) is 0 Å². The maximum atomic E-state index is 6.09. The van der Waals surface area contributed by atoms with Gasteiger partial charge in [-0.15, -0.1) is 0 Å². The molecule has 0 bridgehead atoms.